The third kappa shape index (κ3) is 10.4. The predicted octanol–water partition coefficient (Wildman–Crippen LogP) is -2.49. The van der Waals surface area contributed by atoms with Crippen molar-refractivity contribution in [3.05, 3.63) is 48.0 Å². The lowest BCUT2D eigenvalue weighted by Gasteiger charge is -2.25. The molecule has 2 aromatic rings. The minimum absolute atomic E-state index is 0.0502. The van der Waals surface area contributed by atoms with E-state index in [-0.39, 0.29) is 18.6 Å². The largest absolute Gasteiger partial charge is 0.508 e. The van der Waals surface area contributed by atoms with Crippen molar-refractivity contribution in [2.45, 2.75) is 56.3 Å². The van der Waals surface area contributed by atoms with E-state index in [0.717, 1.165) is 0 Å². The van der Waals surface area contributed by atoms with Gasteiger partial charge in [-0.2, -0.15) is 0 Å². The average molecular weight is 562 g/mol. The number of aromatic nitrogens is 2. The lowest BCUT2D eigenvalue weighted by Crippen LogP contribution is -2.58. The number of imidazole rings is 1. The zero-order valence-corrected chi connectivity index (χ0v) is 21.2. The van der Waals surface area contributed by atoms with Crippen LogP contribution in [0.25, 0.3) is 0 Å². The Morgan fingerprint density at radius 2 is 1.48 bits per heavy atom. The summed E-state index contributed by atoms with van der Waals surface area (Å²) >= 11 is 0. The van der Waals surface area contributed by atoms with Crippen LogP contribution in [0.3, 0.4) is 0 Å². The average Bonchev–Trinajstić information content (AvgIpc) is 3.39. The molecule has 0 saturated carbocycles. The van der Waals surface area contributed by atoms with Crippen molar-refractivity contribution in [3.63, 3.8) is 0 Å². The second-order valence-corrected chi connectivity index (χ2v) is 8.88. The van der Waals surface area contributed by atoms with Crippen LogP contribution in [0.5, 0.6) is 5.75 Å². The number of primary amides is 1. The molecule has 1 aromatic heterocycles. The molecule has 4 atom stereocenters. The Morgan fingerprint density at radius 1 is 0.875 bits per heavy atom. The fraction of sp³-hybridized carbons (Fsp3) is 0.375. The third-order valence-electron chi connectivity index (χ3n) is 5.64. The van der Waals surface area contributed by atoms with Crippen molar-refractivity contribution in [3.8, 4) is 5.75 Å². The lowest BCUT2D eigenvalue weighted by atomic mass is 10.0. The van der Waals surface area contributed by atoms with Crippen molar-refractivity contribution >= 4 is 35.6 Å². The molecule has 40 heavy (non-hydrogen) atoms. The summed E-state index contributed by atoms with van der Waals surface area (Å²) in [5.41, 5.74) is 11.6. The van der Waals surface area contributed by atoms with Crippen LogP contribution in [0, 0.1) is 0 Å². The van der Waals surface area contributed by atoms with Crippen LogP contribution in [0.1, 0.15) is 30.5 Å². The Kier molecular flexibility index (Phi) is 11.6. The number of carboxylic acid groups (broad SMARTS) is 2. The molecule has 0 radical (unpaired) electrons. The molecule has 11 N–H and O–H groups in total. The number of carbonyl (C=O) groups is 6. The van der Waals surface area contributed by atoms with Gasteiger partial charge in [0.25, 0.3) is 0 Å². The number of aromatic hydroxyl groups is 1. The van der Waals surface area contributed by atoms with Crippen molar-refractivity contribution in [2.24, 2.45) is 11.5 Å². The van der Waals surface area contributed by atoms with Crippen LogP contribution < -0.4 is 27.4 Å². The van der Waals surface area contributed by atoms with Crippen molar-refractivity contribution in [1.29, 1.82) is 0 Å². The van der Waals surface area contributed by atoms with Gasteiger partial charge in [-0.15, -0.1) is 0 Å². The molecule has 16 nitrogen and oxygen atoms in total. The highest BCUT2D eigenvalue weighted by Gasteiger charge is 2.31. The Morgan fingerprint density at radius 3 is 2.02 bits per heavy atom. The predicted molar refractivity (Wildman–Crippen MR) is 136 cm³/mol. The van der Waals surface area contributed by atoms with Crippen LogP contribution in [0.2, 0.25) is 0 Å². The molecule has 4 amide bonds. The van der Waals surface area contributed by atoms with Gasteiger partial charge in [0, 0.05) is 31.2 Å². The number of nitrogens with zero attached hydrogens (tertiary/aromatic N) is 1. The molecule has 216 valence electrons. The van der Waals surface area contributed by atoms with Gasteiger partial charge in [-0.3, -0.25) is 24.0 Å². The number of aromatic amines is 1. The van der Waals surface area contributed by atoms with Crippen LogP contribution >= 0.6 is 0 Å². The number of carboxylic acids is 2. The van der Waals surface area contributed by atoms with Crippen molar-refractivity contribution in [1.82, 2.24) is 25.9 Å². The molecular formula is C24H31N7O9. The van der Waals surface area contributed by atoms with Gasteiger partial charge in [0.2, 0.25) is 23.6 Å². The minimum atomic E-state index is -1.49. The number of hydrogen-bond acceptors (Lipinski definition) is 9. The van der Waals surface area contributed by atoms with Gasteiger partial charge in [-0.25, -0.2) is 9.78 Å². The molecule has 1 aromatic carbocycles. The highest BCUT2D eigenvalue weighted by atomic mass is 16.4. The zero-order valence-electron chi connectivity index (χ0n) is 21.2. The van der Waals surface area contributed by atoms with E-state index in [0.29, 0.717) is 11.3 Å². The number of hydrogen-bond donors (Lipinski definition) is 9. The molecule has 4 unspecified atom stereocenters. The van der Waals surface area contributed by atoms with E-state index in [2.05, 4.69) is 25.9 Å². The number of aliphatic carboxylic acids is 2. The van der Waals surface area contributed by atoms with Crippen LogP contribution in [0.15, 0.2) is 36.8 Å². The first-order valence-electron chi connectivity index (χ1n) is 12.0. The summed E-state index contributed by atoms with van der Waals surface area (Å²) in [5.74, 6) is -6.34. The molecule has 0 fully saturated rings. The number of nitrogens with two attached hydrogens (primary N) is 2. The molecule has 0 aliphatic rings. The number of amides is 4. The van der Waals surface area contributed by atoms with E-state index in [4.69, 9.17) is 16.6 Å². The fourth-order valence-corrected chi connectivity index (χ4v) is 3.56. The summed E-state index contributed by atoms with van der Waals surface area (Å²) in [6, 6.07) is -0.0187. The van der Waals surface area contributed by atoms with Crippen molar-refractivity contribution in [2.75, 3.05) is 0 Å². The smallest absolute Gasteiger partial charge is 0.326 e. The lowest BCUT2D eigenvalue weighted by molar-refractivity contribution is -0.143. The maximum absolute atomic E-state index is 13.3. The first kappa shape index (κ1) is 31.2. The highest BCUT2D eigenvalue weighted by Crippen LogP contribution is 2.12. The number of H-pyrrole nitrogens is 1. The highest BCUT2D eigenvalue weighted by molar-refractivity contribution is 5.95. The summed E-state index contributed by atoms with van der Waals surface area (Å²) in [7, 11) is 0. The fourth-order valence-electron chi connectivity index (χ4n) is 3.56. The molecule has 2 rings (SSSR count). The number of rotatable bonds is 16. The second-order valence-electron chi connectivity index (χ2n) is 8.88. The summed E-state index contributed by atoms with van der Waals surface area (Å²) < 4.78 is 0. The monoisotopic (exact) mass is 561 g/mol. The zero-order chi connectivity index (χ0) is 29.8. The Balaban J connectivity index is 2.25. The first-order chi connectivity index (χ1) is 18.8. The maximum atomic E-state index is 13.3. The second kappa shape index (κ2) is 14.8. The molecule has 16 heteroatoms. The van der Waals surface area contributed by atoms with E-state index in [1.54, 1.807) is 0 Å². The van der Waals surface area contributed by atoms with Gasteiger partial charge in [0.05, 0.1) is 18.8 Å². The van der Waals surface area contributed by atoms with Gasteiger partial charge in [0.15, 0.2) is 0 Å². The number of phenols is 1. The summed E-state index contributed by atoms with van der Waals surface area (Å²) in [6.45, 7) is 0. The summed E-state index contributed by atoms with van der Waals surface area (Å²) in [6.07, 6.45) is 0.925. The Labute approximate surface area is 227 Å². The molecule has 0 aliphatic carbocycles. The Hall–Kier alpha value is -4.99. The molecule has 0 saturated heterocycles. The topological polar surface area (TPSA) is 280 Å². The molecule has 0 spiro atoms. The van der Waals surface area contributed by atoms with E-state index in [1.807, 2.05) is 0 Å². The van der Waals surface area contributed by atoms with E-state index in [1.165, 1.54) is 36.8 Å². The van der Waals surface area contributed by atoms with Gasteiger partial charge in [0.1, 0.15) is 23.9 Å². The number of carbonyl (C=O) groups excluding carboxylic acids is 4. The number of nitrogens with one attached hydrogen (secondary N) is 4. The van der Waals surface area contributed by atoms with Crippen LogP contribution in [-0.2, 0) is 41.6 Å². The van der Waals surface area contributed by atoms with E-state index in [9.17, 15) is 39.0 Å². The Bertz CT molecular complexity index is 1200. The van der Waals surface area contributed by atoms with Crippen LogP contribution in [0.4, 0.5) is 0 Å². The molecule has 0 aliphatic heterocycles. The SMILES string of the molecule is NC(=O)CC(N)C(=O)NC(Cc1ccc(O)cc1)C(=O)NC(CCC(=O)O)C(=O)NC(Cc1cnc[nH]1)C(=O)O. The first-order valence-corrected chi connectivity index (χ1v) is 12.0. The summed E-state index contributed by atoms with van der Waals surface area (Å²) in [4.78, 5) is 79.4. The molecular weight excluding hydrogens is 530 g/mol. The van der Waals surface area contributed by atoms with E-state index < -0.39 is 79.0 Å². The van der Waals surface area contributed by atoms with Gasteiger partial charge in [-0.1, -0.05) is 12.1 Å². The van der Waals surface area contributed by atoms with Gasteiger partial charge >= 0.3 is 11.9 Å². The standard InChI is InChI=1S/C24H31N7O9/c25-15(9-19(26)33)21(36)30-17(7-12-1-3-14(32)4-2-12)23(38)29-16(5-6-20(34)35)22(37)31-18(24(39)40)8-13-10-27-11-28-13/h1-4,10-11,15-18,32H,5-9,25H2,(H2,26,33)(H,27,28)(H,29,38)(H,30,36)(H,31,37)(H,34,35)(H,39,40). The van der Waals surface area contributed by atoms with Gasteiger partial charge in [-0.05, 0) is 24.1 Å². The van der Waals surface area contributed by atoms with Crippen molar-refractivity contribution < 1.29 is 44.1 Å². The number of benzene rings is 1. The number of phenolic OH excluding ortho intramolecular Hbond substituents is 1. The third-order valence-corrected chi connectivity index (χ3v) is 5.64. The normalized spacial score (nSPS) is 13.7. The molecule has 1 heterocycles. The summed E-state index contributed by atoms with van der Waals surface area (Å²) in [5, 5.41) is 35.2. The molecule has 0 bridgehead atoms. The quantitative estimate of drug-likeness (QED) is 0.103. The van der Waals surface area contributed by atoms with E-state index >= 15 is 0 Å². The van der Waals surface area contributed by atoms with Crippen LogP contribution in [-0.4, -0.2) is 85.0 Å². The maximum Gasteiger partial charge on any atom is 0.326 e. The minimum Gasteiger partial charge on any atom is -0.508 e. The van der Waals surface area contributed by atoms with Gasteiger partial charge < -0.3 is 47.7 Å².